The van der Waals surface area contributed by atoms with Crippen LogP contribution in [0.25, 0.3) is 0 Å². The van der Waals surface area contributed by atoms with Crippen molar-refractivity contribution < 1.29 is 18.8 Å². The van der Waals surface area contributed by atoms with Crippen LogP contribution >= 0.6 is 22.7 Å². The lowest BCUT2D eigenvalue weighted by molar-refractivity contribution is -0.135. The van der Waals surface area contributed by atoms with Crippen LogP contribution in [0.4, 0.5) is 5.13 Å². The molecular formula is C18H14N2O4S2. The molecule has 1 fully saturated rings. The standard InChI is InChI=1S/C18H14N2O4S2/c1-9-10(2)26-18(19-9)20-14(11-5-3-7-24-11)13(16(22)17(20)23)15(21)12-6-4-8-25-12/h3-8,13-14H,1-2H3. The van der Waals surface area contributed by atoms with Gasteiger partial charge in [-0.05, 0) is 37.4 Å². The number of Topliss-reactive ketones (excluding diaryl/α,β-unsaturated/α-hetero) is 2. The Morgan fingerprint density at radius 2 is 2.04 bits per heavy atom. The molecule has 8 heteroatoms. The first-order valence-electron chi connectivity index (χ1n) is 7.91. The fraction of sp³-hybridized carbons (Fsp3) is 0.222. The molecule has 0 aliphatic carbocycles. The van der Waals surface area contributed by atoms with Crippen LogP contribution in [0, 0.1) is 19.8 Å². The maximum atomic E-state index is 13.0. The Bertz CT molecular complexity index is 969. The number of aromatic nitrogens is 1. The van der Waals surface area contributed by atoms with E-state index in [1.54, 1.807) is 29.6 Å². The number of aryl methyl sites for hydroxylation is 2. The zero-order chi connectivity index (χ0) is 18.4. The van der Waals surface area contributed by atoms with Gasteiger partial charge in [0, 0.05) is 4.88 Å². The molecule has 3 aromatic rings. The number of nitrogens with zero attached hydrogens (tertiary/aromatic N) is 2. The third-order valence-electron chi connectivity index (χ3n) is 4.41. The third kappa shape index (κ3) is 2.53. The van der Waals surface area contributed by atoms with E-state index in [2.05, 4.69) is 4.98 Å². The lowest BCUT2D eigenvalue weighted by Gasteiger charge is -2.22. The smallest absolute Gasteiger partial charge is 0.297 e. The topological polar surface area (TPSA) is 80.5 Å². The second kappa shape index (κ2) is 6.30. The van der Waals surface area contributed by atoms with Crippen LogP contribution in [-0.2, 0) is 9.59 Å². The van der Waals surface area contributed by atoms with E-state index in [1.165, 1.54) is 33.8 Å². The first kappa shape index (κ1) is 16.9. The number of thiazole rings is 1. The van der Waals surface area contributed by atoms with Crippen molar-refractivity contribution in [2.45, 2.75) is 19.9 Å². The molecule has 4 rings (SSSR count). The summed E-state index contributed by atoms with van der Waals surface area (Å²) >= 11 is 2.57. The number of amides is 1. The fourth-order valence-corrected chi connectivity index (χ4v) is 4.67. The van der Waals surface area contributed by atoms with Crippen molar-refractivity contribution in [3.63, 3.8) is 0 Å². The van der Waals surface area contributed by atoms with Gasteiger partial charge in [0.15, 0.2) is 10.9 Å². The molecule has 6 nitrogen and oxygen atoms in total. The number of hydrogen-bond donors (Lipinski definition) is 0. The van der Waals surface area contributed by atoms with Gasteiger partial charge < -0.3 is 4.42 Å². The molecule has 1 amide bonds. The van der Waals surface area contributed by atoms with Gasteiger partial charge in [-0.1, -0.05) is 6.07 Å². The summed E-state index contributed by atoms with van der Waals surface area (Å²) in [5, 5.41) is 2.17. The van der Waals surface area contributed by atoms with Crippen molar-refractivity contribution in [3.05, 3.63) is 57.1 Å². The second-order valence-electron chi connectivity index (χ2n) is 5.96. The van der Waals surface area contributed by atoms with E-state index >= 15 is 0 Å². The van der Waals surface area contributed by atoms with E-state index in [0.29, 0.717) is 15.8 Å². The van der Waals surface area contributed by atoms with E-state index in [9.17, 15) is 14.4 Å². The van der Waals surface area contributed by atoms with Crippen molar-refractivity contribution in [1.29, 1.82) is 0 Å². The number of ketones is 2. The van der Waals surface area contributed by atoms with Gasteiger partial charge in [-0.2, -0.15) is 0 Å². The Morgan fingerprint density at radius 3 is 2.62 bits per heavy atom. The first-order chi connectivity index (χ1) is 12.5. The van der Waals surface area contributed by atoms with Crippen molar-refractivity contribution >= 4 is 45.3 Å². The van der Waals surface area contributed by atoms with Crippen molar-refractivity contribution in [2.24, 2.45) is 5.92 Å². The van der Waals surface area contributed by atoms with Crippen LogP contribution < -0.4 is 4.90 Å². The SMILES string of the molecule is Cc1nc(N2C(=O)C(=O)C(C(=O)c3cccs3)C2c2ccco2)sc1C. The monoisotopic (exact) mass is 386 g/mol. The highest BCUT2D eigenvalue weighted by molar-refractivity contribution is 7.16. The van der Waals surface area contributed by atoms with E-state index < -0.39 is 23.7 Å². The molecule has 2 atom stereocenters. The number of anilines is 1. The Labute approximate surface area is 157 Å². The summed E-state index contributed by atoms with van der Waals surface area (Å²) in [5.74, 6) is -2.57. The molecule has 2 unspecified atom stereocenters. The van der Waals surface area contributed by atoms with Crippen LogP contribution in [0.15, 0.2) is 40.3 Å². The number of carbonyl (C=O) groups is 3. The second-order valence-corrected chi connectivity index (χ2v) is 8.09. The van der Waals surface area contributed by atoms with E-state index in [-0.39, 0.29) is 5.78 Å². The Balaban J connectivity index is 1.85. The van der Waals surface area contributed by atoms with Crippen molar-refractivity contribution in [2.75, 3.05) is 4.90 Å². The van der Waals surface area contributed by atoms with Gasteiger partial charge in [-0.15, -0.1) is 22.7 Å². The normalized spacial score (nSPS) is 20.2. The number of thiophene rings is 1. The molecule has 1 aliphatic rings. The number of hydrogen-bond acceptors (Lipinski definition) is 7. The number of carbonyl (C=O) groups excluding carboxylic acids is 3. The summed E-state index contributed by atoms with van der Waals surface area (Å²) in [6.45, 7) is 3.74. The Kier molecular flexibility index (Phi) is 4.08. The minimum absolute atomic E-state index is 0.368. The molecule has 0 radical (unpaired) electrons. The van der Waals surface area contributed by atoms with E-state index in [4.69, 9.17) is 4.42 Å². The Hall–Kier alpha value is -2.58. The summed E-state index contributed by atoms with van der Waals surface area (Å²) in [7, 11) is 0. The summed E-state index contributed by atoms with van der Waals surface area (Å²) in [6.07, 6.45) is 1.46. The molecule has 0 aromatic carbocycles. The quantitative estimate of drug-likeness (QED) is 0.389. The molecule has 0 saturated carbocycles. The van der Waals surface area contributed by atoms with Crippen LogP contribution in [0.3, 0.4) is 0 Å². The van der Waals surface area contributed by atoms with Gasteiger partial charge >= 0.3 is 0 Å². The molecule has 0 spiro atoms. The summed E-state index contributed by atoms with van der Waals surface area (Å²) < 4.78 is 5.48. The predicted octanol–water partition coefficient (Wildman–Crippen LogP) is 3.57. The van der Waals surface area contributed by atoms with Crippen LogP contribution in [0.2, 0.25) is 0 Å². The molecule has 4 heterocycles. The summed E-state index contributed by atoms with van der Waals surface area (Å²) in [4.78, 5) is 45.6. The van der Waals surface area contributed by atoms with Gasteiger partial charge in [0.1, 0.15) is 17.7 Å². The van der Waals surface area contributed by atoms with Crippen LogP contribution in [0.5, 0.6) is 0 Å². The molecule has 0 bridgehead atoms. The van der Waals surface area contributed by atoms with Gasteiger partial charge in [-0.3, -0.25) is 19.3 Å². The number of furan rings is 1. The molecule has 0 N–H and O–H groups in total. The maximum Gasteiger partial charge on any atom is 0.297 e. The third-order valence-corrected chi connectivity index (χ3v) is 6.37. The molecule has 1 saturated heterocycles. The zero-order valence-electron chi connectivity index (χ0n) is 14.0. The maximum absolute atomic E-state index is 13.0. The highest BCUT2D eigenvalue weighted by Crippen LogP contribution is 2.43. The lowest BCUT2D eigenvalue weighted by Crippen LogP contribution is -2.30. The highest BCUT2D eigenvalue weighted by Gasteiger charge is 2.54. The van der Waals surface area contributed by atoms with E-state index in [0.717, 1.165) is 10.6 Å². The average molecular weight is 386 g/mol. The highest BCUT2D eigenvalue weighted by atomic mass is 32.1. The van der Waals surface area contributed by atoms with Crippen molar-refractivity contribution in [1.82, 2.24) is 4.98 Å². The zero-order valence-corrected chi connectivity index (χ0v) is 15.6. The molecule has 3 aromatic heterocycles. The van der Waals surface area contributed by atoms with Crippen LogP contribution in [-0.4, -0.2) is 22.5 Å². The largest absolute Gasteiger partial charge is 0.467 e. The Morgan fingerprint density at radius 1 is 1.23 bits per heavy atom. The molecular weight excluding hydrogens is 372 g/mol. The minimum Gasteiger partial charge on any atom is -0.467 e. The van der Waals surface area contributed by atoms with E-state index in [1.807, 2.05) is 13.8 Å². The fourth-order valence-electron chi connectivity index (χ4n) is 3.02. The minimum atomic E-state index is -1.14. The van der Waals surface area contributed by atoms with Crippen molar-refractivity contribution in [3.8, 4) is 0 Å². The summed E-state index contributed by atoms with van der Waals surface area (Å²) in [6, 6.07) is 5.91. The lowest BCUT2D eigenvalue weighted by atomic mass is 9.92. The van der Waals surface area contributed by atoms with Gasteiger partial charge in [0.2, 0.25) is 5.78 Å². The van der Waals surface area contributed by atoms with Crippen LogP contribution in [0.1, 0.15) is 32.0 Å². The van der Waals surface area contributed by atoms with Gasteiger partial charge in [-0.25, -0.2) is 4.98 Å². The first-order valence-corrected chi connectivity index (χ1v) is 9.61. The molecule has 26 heavy (non-hydrogen) atoms. The van der Waals surface area contributed by atoms with Gasteiger partial charge in [0.05, 0.1) is 16.8 Å². The summed E-state index contributed by atoms with van der Waals surface area (Å²) in [5.41, 5.74) is 0.788. The molecule has 1 aliphatic heterocycles. The average Bonchev–Trinajstić information content (AvgIpc) is 3.38. The predicted molar refractivity (Wildman–Crippen MR) is 97.7 cm³/mol. The molecule has 132 valence electrons. The number of rotatable bonds is 4. The van der Waals surface area contributed by atoms with Gasteiger partial charge in [0.25, 0.3) is 5.91 Å².